The van der Waals surface area contributed by atoms with Crippen molar-refractivity contribution in [2.24, 2.45) is 0 Å². The van der Waals surface area contributed by atoms with E-state index in [-0.39, 0.29) is 6.10 Å². The van der Waals surface area contributed by atoms with Crippen molar-refractivity contribution in [3.63, 3.8) is 0 Å². The van der Waals surface area contributed by atoms with Gasteiger partial charge in [0.2, 0.25) is 0 Å². The van der Waals surface area contributed by atoms with Gasteiger partial charge in [-0.3, -0.25) is 0 Å². The first-order valence-electron chi connectivity index (χ1n) is 6.66. The third-order valence-electron chi connectivity index (χ3n) is 4.26. The maximum Gasteiger partial charge on any atom is 0.101 e. The van der Waals surface area contributed by atoms with Gasteiger partial charge in [-0.05, 0) is 50.3 Å². The summed E-state index contributed by atoms with van der Waals surface area (Å²) in [6, 6.07) is 9.13. The SMILES string of the molecule is Cc1ccc(C#N)c(N2C3CCC2CC(O)C3)c1. The molecule has 0 saturated carbocycles. The minimum Gasteiger partial charge on any atom is -0.393 e. The molecular formula is C15H18N2O. The summed E-state index contributed by atoms with van der Waals surface area (Å²) in [7, 11) is 0. The van der Waals surface area contributed by atoms with Crippen molar-refractivity contribution >= 4 is 5.69 Å². The van der Waals surface area contributed by atoms with Crippen LogP contribution in [0.4, 0.5) is 5.69 Å². The number of anilines is 1. The topological polar surface area (TPSA) is 47.3 Å². The van der Waals surface area contributed by atoms with Gasteiger partial charge in [-0.2, -0.15) is 5.26 Å². The maximum absolute atomic E-state index is 9.84. The highest BCUT2D eigenvalue weighted by Crippen LogP contribution is 2.40. The Morgan fingerprint density at radius 2 is 1.94 bits per heavy atom. The fourth-order valence-electron chi connectivity index (χ4n) is 3.49. The monoisotopic (exact) mass is 242 g/mol. The fourth-order valence-corrected chi connectivity index (χ4v) is 3.49. The van der Waals surface area contributed by atoms with Crippen molar-refractivity contribution in [2.45, 2.75) is 50.8 Å². The Hall–Kier alpha value is -1.53. The van der Waals surface area contributed by atoms with Crippen LogP contribution in [0, 0.1) is 18.3 Å². The first-order valence-corrected chi connectivity index (χ1v) is 6.66. The summed E-state index contributed by atoms with van der Waals surface area (Å²) in [5, 5.41) is 19.1. The lowest BCUT2D eigenvalue weighted by atomic mass is 9.97. The molecule has 0 aliphatic carbocycles. The molecule has 0 aromatic heterocycles. The molecule has 2 unspecified atom stereocenters. The zero-order valence-corrected chi connectivity index (χ0v) is 10.6. The Balaban J connectivity index is 2.01. The van der Waals surface area contributed by atoms with Gasteiger partial charge in [0.15, 0.2) is 0 Å². The molecule has 3 rings (SSSR count). The number of piperidine rings is 1. The molecule has 94 valence electrons. The van der Waals surface area contributed by atoms with Crippen molar-refractivity contribution in [3.05, 3.63) is 29.3 Å². The minimum atomic E-state index is -0.158. The molecule has 0 radical (unpaired) electrons. The number of benzene rings is 1. The number of hydrogen-bond acceptors (Lipinski definition) is 3. The van der Waals surface area contributed by atoms with Crippen LogP contribution in [0.25, 0.3) is 0 Å². The average Bonchev–Trinajstić information content (AvgIpc) is 2.61. The number of rotatable bonds is 1. The van der Waals surface area contributed by atoms with Crippen LogP contribution >= 0.6 is 0 Å². The van der Waals surface area contributed by atoms with Crippen LogP contribution in [0.3, 0.4) is 0 Å². The summed E-state index contributed by atoms with van der Waals surface area (Å²) in [5.41, 5.74) is 3.01. The van der Waals surface area contributed by atoms with Gasteiger partial charge in [0, 0.05) is 12.1 Å². The van der Waals surface area contributed by atoms with E-state index in [2.05, 4.69) is 24.0 Å². The van der Waals surface area contributed by atoms with Crippen LogP contribution in [0.15, 0.2) is 18.2 Å². The molecule has 18 heavy (non-hydrogen) atoms. The molecule has 2 atom stereocenters. The van der Waals surface area contributed by atoms with E-state index in [1.54, 1.807) is 0 Å². The number of hydrogen-bond donors (Lipinski definition) is 1. The maximum atomic E-state index is 9.84. The van der Waals surface area contributed by atoms with Crippen LogP contribution < -0.4 is 4.90 Å². The normalized spacial score (nSPS) is 30.3. The van der Waals surface area contributed by atoms with Gasteiger partial charge in [-0.25, -0.2) is 0 Å². The lowest BCUT2D eigenvalue weighted by molar-refractivity contribution is 0.126. The number of aryl methyl sites for hydroxylation is 1. The van der Waals surface area contributed by atoms with Crippen LogP contribution in [0.1, 0.15) is 36.8 Å². The molecule has 2 heterocycles. The third kappa shape index (κ3) is 1.77. The van der Waals surface area contributed by atoms with Crippen molar-refractivity contribution in [2.75, 3.05) is 4.90 Å². The second-order valence-electron chi connectivity index (χ2n) is 5.55. The van der Waals surface area contributed by atoms with Crippen LogP contribution in [-0.2, 0) is 0 Å². The number of nitriles is 1. The van der Waals surface area contributed by atoms with Gasteiger partial charge in [0.1, 0.15) is 6.07 Å². The molecule has 3 nitrogen and oxygen atoms in total. The molecule has 2 aliphatic rings. The van der Waals surface area contributed by atoms with E-state index in [9.17, 15) is 10.4 Å². The molecule has 3 heteroatoms. The zero-order chi connectivity index (χ0) is 12.7. The van der Waals surface area contributed by atoms with Crippen LogP contribution in [0.2, 0.25) is 0 Å². The Morgan fingerprint density at radius 1 is 1.28 bits per heavy atom. The smallest absolute Gasteiger partial charge is 0.101 e. The van der Waals surface area contributed by atoms with Crippen LogP contribution in [0.5, 0.6) is 0 Å². The van der Waals surface area contributed by atoms with E-state index in [1.165, 1.54) is 5.56 Å². The van der Waals surface area contributed by atoms with Crippen molar-refractivity contribution in [1.82, 2.24) is 0 Å². The summed E-state index contributed by atoms with van der Waals surface area (Å²) < 4.78 is 0. The lowest BCUT2D eigenvalue weighted by Gasteiger charge is -2.39. The van der Waals surface area contributed by atoms with E-state index in [0.717, 1.165) is 36.9 Å². The van der Waals surface area contributed by atoms with E-state index < -0.39 is 0 Å². The van der Waals surface area contributed by atoms with E-state index in [0.29, 0.717) is 12.1 Å². The van der Waals surface area contributed by atoms with Crippen molar-refractivity contribution in [1.29, 1.82) is 5.26 Å². The summed E-state index contributed by atoms with van der Waals surface area (Å²) in [5.74, 6) is 0. The fraction of sp³-hybridized carbons (Fsp3) is 0.533. The summed E-state index contributed by atoms with van der Waals surface area (Å²) in [6.45, 7) is 2.06. The van der Waals surface area contributed by atoms with Gasteiger partial charge >= 0.3 is 0 Å². The lowest BCUT2D eigenvalue weighted by Crippen LogP contribution is -2.45. The molecule has 2 aliphatic heterocycles. The van der Waals surface area contributed by atoms with Gasteiger partial charge < -0.3 is 10.0 Å². The van der Waals surface area contributed by atoms with Gasteiger partial charge in [0.05, 0.1) is 17.4 Å². The van der Waals surface area contributed by atoms with Gasteiger partial charge in [-0.15, -0.1) is 0 Å². The Labute approximate surface area is 108 Å². The molecule has 2 fully saturated rings. The molecule has 1 N–H and O–H groups in total. The zero-order valence-electron chi connectivity index (χ0n) is 10.6. The molecular weight excluding hydrogens is 224 g/mol. The molecule has 0 amide bonds. The molecule has 1 aromatic carbocycles. The second-order valence-corrected chi connectivity index (χ2v) is 5.55. The third-order valence-corrected chi connectivity index (χ3v) is 4.26. The van der Waals surface area contributed by atoms with E-state index in [4.69, 9.17) is 0 Å². The average molecular weight is 242 g/mol. The summed E-state index contributed by atoms with van der Waals surface area (Å²) in [4.78, 5) is 2.39. The Bertz CT molecular complexity index is 492. The Kier molecular flexibility index (Phi) is 2.76. The summed E-state index contributed by atoms with van der Waals surface area (Å²) >= 11 is 0. The van der Waals surface area contributed by atoms with Gasteiger partial charge in [0.25, 0.3) is 0 Å². The largest absolute Gasteiger partial charge is 0.393 e. The highest BCUT2D eigenvalue weighted by molar-refractivity contribution is 5.62. The van der Waals surface area contributed by atoms with E-state index >= 15 is 0 Å². The first-order chi connectivity index (χ1) is 8.69. The highest BCUT2D eigenvalue weighted by Gasteiger charge is 2.40. The second kappa shape index (κ2) is 4.29. The number of nitrogens with zero attached hydrogens (tertiary/aromatic N) is 2. The number of aliphatic hydroxyl groups excluding tert-OH is 1. The molecule has 2 saturated heterocycles. The van der Waals surface area contributed by atoms with E-state index in [1.807, 2.05) is 12.1 Å². The Morgan fingerprint density at radius 3 is 2.56 bits per heavy atom. The number of fused-ring (bicyclic) bond motifs is 2. The standard InChI is InChI=1S/C15H18N2O/c1-10-2-3-11(9-16)15(6-10)17-12-4-5-13(17)8-14(18)7-12/h2-3,6,12-14,18H,4-5,7-8H2,1H3. The predicted octanol–water partition coefficient (Wildman–Crippen LogP) is 2.36. The molecule has 2 bridgehead atoms. The number of aliphatic hydroxyl groups is 1. The quantitative estimate of drug-likeness (QED) is 0.822. The van der Waals surface area contributed by atoms with Crippen molar-refractivity contribution < 1.29 is 5.11 Å². The predicted molar refractivity (Wildman–Crippen MR) is 70.4 cm³/mol. The molecule has 1 aromatic rings. The van der Waals surface area contributed by atoms with Crippen LogP contribution in [-0.4, -0.2) is 23.3 Å². The molecule has 0 spiro atoms. The summed E-state index contributed by atoms with van der Waals surface area (Å²) in [6.07, 6.45) is 3.81. The highest BCUT2D eigenvalue weighted by atomic mass is 16.3. The minimum absolute atomic E-state index is 0.158. The van der Waals surface area contributed by atoms with Crippen molar-refractivity contribution in [3.8, 4) is 6.07 Å². The first kappa shape index (κ1) is 11.6. The van der Waals surface area contributed by atoms with Gasteiger partial charge in [-0.1, -0.05) is 6.07 Å².